The van der Waals surface area contributed by atoms with Gasteiger partial charge in [-0.15, -0.1) is 0 Å². The maximum Gasteiger partial charge on any atom is 0.146 e. The van der Waals surface area contributed by atoms with Crippen LogP contribution in [0.2, 0.25) is 0 Å². The number of nitrogens with zero attached hydrogens (tertiary/aromatic N) is 1. The standard InChI is InChI=1S/C14H17FN2O/c15-13-6-1-2-7-14(13)17(9-4-8-16)11-12-5-3-10-18-12/h1-3,5-7,10H,4,8-9,11,16H2. The Kier molecular flexibility index (Phi) is 4.36. The van der Waals surface area contributed by atoms with Gasteiger partial charge in [-0.3, -0.25) is 0 Å². The summed E-state index contributed by atoms with van der Waals surface area (Å²) in [5.74, 6) is 0.594. The predicted octanol–water partition coefficient (Wildman–Crippen LogP) is 2.77. The van der Waals surface area contributed by atoms with Crippen LogP contribution in [0.3, 0.4) is 0 Å². The zero-order valence-electron chi connectivity index (χ0n) is 10.2. The first-order valence-electron chi connectivity index (χ1n) is 6.03. The molecule has 3 nitrogen and oxygen atoms in total. The van der Waals surface area contributed by atoms with Crippen molar-refractivity contribution in [2.75, 3.05) is 18.0 Å². The van der Waals surface area contributed by atoms with Gasteiger partial charge in [0, 0.05) is 6.54 Å². The summed E-state index contributed by atoms with van der Waals surface area (Å²) >= 11 is 0. The number of anilines is 1. The van der Waals surface area contributed by atoms with Gasteiger partial charge in [0.2, 0.25) is 0 Å². The molecule has 18 heavy (non-hydrogen) atoms. The molecule has 0 aliphatic rings. The average molecular weight is 248 g/mol. The Bertz CT molecular complexity index is 470. The summed E-state index contributed by atoms with van der Waals surface area (Å²) in [6, 6.07) is 10.5. The second kappa shape index (κ2) is 6.21. The summed E-state index contributed by atoms with van der Waals surface area (Å²) in [6.45, 7) is 1.84. The first-order chi connectivity index (χ1) is 8.81. The minimum Gasteiger partial charge on any atom is -0.467 e. The van der Waals surface area contributed by atoms with Crippen LogP contribution >= 0.6 is 0 Å². The Morgan fingerprint density at radius 2 is 2.00 bits per heavy atom. The van der Waals surface area contributed by atoms with E-state index < -0.39 is 0 Å². The number of halogens is 1. The van der Waals surface area contributed by atoms with Crippen molar-refractivity contribution in [3.05, 3.63) is 54.2 Å². The number of para-hydroxylation sites is 1. The van der Waals surface area contributed by atoms with Crippen LogP contribution in [-0.4, -0.2) is 13.1 Å². The van der Waals surface area contributed by atoms with Crippen LogP contribution in [0.1, 0.15) is 12.2 Å². The zero-order valence-corrected chi connectivity index (χ0v) is 10.2. The molecule has 2 N–H and O–H groups in total. The quantitative estimate of drug-likeness (QED) is 0.854. The highest BCUT2D eigenvalue weighted by Gasteiger charge is 2.12. The topological polar surface area (TPSA) is 42.4 Å². The van der Waals surface area contributed by atoms with Crippen LogP contribution in [0.15, 0.2) is 47.1 Å². The van der Waals surface area contributed by atoms with Gasteiger partial charge in [0.25, 0.3) is 0 Å². The molecule has 0 aliphatic carbocycles. The highest BCUT2D eigenvalue weighted by molar-refractivity contribution is 5.47. The second-order valence-corrected chi connectivity index (χ2v) is 4.09. The predicted molar refractivity (Wildman–Crippen MR) is 69.8 cm³/mol. The molecular formula is C14H17FN2O. The Morgan fingerprint density at radius 1 is 1.17 bits per heavy atom. The molecule has 2 aromatic rings. The van der Waals surface area contributed by atoms with Gasteiger partial charge in [0.05, 0.1) is 18.5 Å². The molecule has 0 radical (unpaired) electrons. The van der Waals surface area contributed by atoms with E-state index in [4.69, 9.17) is 10.2 Å². The van der Waals surface area contributed by atoms with Crippen LogP contribution in [0.5, 0.6) is 0 Å². The Morgan fingerprint density at radius 3 is 2.67 bits per heavy atom. The number of nitrogens with two attached hydrogens (primary N) is 1. The largest absolute Gasteiger partial charge is 0.467 e. The van der Waals surface area contributed by atoms with E-state index in [1.54, 1.807) is 18.4 Å². The summed E-state index contributed by atoms with van der Waals surface area (Å²) in [5, 5.41) is 0. The smallest absolute Gasteiger partial charge is 0.146 e. The molecule has 1 heterocycles. The van der Waals surface area contributed by atoms with Crippen molar-refractivity contribution in [3.8, 4) is 0 Å². The highest BCUT2D eigenvalue weighted by Crippen LogP contribution is 2.21. The molecule has 0 saturated carbocycles. The van der Waals surface area contributed by atoms with Crippen molar-refractivity contribution in [2.45, 2.75) is 13.0 Å². The zero-order chi connectivity index (χ0) is 12.8. The monoisotopic (exact) mass is 248 g/mol. The lowest BCUT2D eigenvalue weighted by Crippen LogP contribution is -2.26. The van der Waals surface area contributed by atoms with E-state index in [-0.39, 0.29) is 5.82 Å². The van der Waals surface area contributed by atoms with E-state index in [1.807, 2.05) is 23.1 Å². The minimum atomic E-state index is -0.221. The lowest BCUT2D eigenvalue weighted by molar-refractivity contribution is 0.498. The van der Waals surface area contributed by atoms with Gasteiger partial charge in [0.15, 0.2) is 0 Å². The van der Waals surface area contributed by atoms with Gasteiger partial charge in [-0.05, 0) is 37.2 Å². The fourth-order valence-corrected chi connectivity index (χ4v) is 1.87. The highest BCUT2D eigenvalue weighted by atomic mass is 19.1. The molecule has 0 fully saturated rings. The third kappa shape index (κ3) is 3.11. The van der Waals surface area contributed by atoms with Crippen molar-refractivity contribution >= 4 is 5.69 Å². The van der Waals surface area contributed by atoms with Crippen molar-refractivity contribution < 1.29 is 8.81 Å². The summed E-state index contributed by atoms with van der Waals surface area (Å²) in [6.07, 6.45) is 2.44. The minimum absolute atomic E-state index is 0.221. The lowest BCUT2D eigenvalue weighted by atomic mass is 10.2. The van der Waals surface area contributed by atoms with Crippen LogP contribution in [-0.2, 0) is 6.54 Å². The van der Waals surface area contributed by atoms with E-state index in [0.29, 0.717) is 25.3 Å². The lowest BCUT2D eigenvalue weighted by Gasteiger charge is -2.24. The van der Waals surface area contributed by atoms with Crippen LogP contribution in [0.25, 0.3) is 0 Å². The van der Waals surface area contributed by atoms with E-state index in [9.17, 15) is 4.39 Å². The number of benzene rings is 1. The average Bonchev–Trinajstić information content (AvgIpc) is 2.88. The molecule has 2 rings (SSSR count). The fourth-order valence-electron chi connectivity index (χ4n) is 1.87. The van der Waals surface area contributed by atoms with Crippen molar-refractivity contribution in [2.24, 2.45) is 5.73 Å². The van der Waals surface area contributed by atoms with Gasteiger partial charge in [0.1, 0.15) is 11.6 Å². The third-order valence-electron chi connectivity index (χ3n) is 2.75. The third-order valence-corrected chi connectivity index (χ3v) is 2.75. The molecule has 0 spiro atoms. The molecule has 0 aliphatic heterocycles. The van der Waals surface area contributed by atoms with Crippen LogP contribution in [0.4, 0.5) is 10.1 Å². The SMILES string of the molecule is NCCCN(Cc1ccco1)c1ccccc1F. The number of furan rings is 1. The van der Waals surface area contributed by atoms with Gasteiger partial charge in [-0.25, -0.2) is 4.39 Å². The summed E-state index contributed by atoms with van der Waals surface area (Å²) in [4.78, 5) is 1.95. The molecule has 0 bridgehead atoms. The first kappa shape index (κ1) is 12.6. The molecule has 0 amide bonds. The molecular weight excluding hydrogens is 231 g/mol. The van der Waals surface area contributed by atoms with Gasteiger partial charge >= 0.3 is 0 Å². The van der Waals surface area contributed by atoms with Crippen LogP contribution < -0.4 is 10.6 Å². The molecule has 96 valence electrons. The van der Waals surface area contributed by atoms with Crippen molar-refractivity contribution in [1.29, 1.82) is 0 Å². The molecule has 0 unspecified atom stereocenters. The fraction of sp³-hybridized carbons (Fsp3) is 0.286. The van der Waals surface area contributed by atoms with E-state index in [2.05, 4.69) is 0 Å². The number of hydrogen-bond acceptors (Lipinski definition) is 3. The van der Waals surface area contributed by atoms with Crippen molar-refractivity contribution in [1.82, 2.24) is 0 Å². The molecule has 1 aromatic carbocycles. The summed E-state index contributed by atoms with van der Waals surface area (Å²) in [5.41, 5.74) is 6.11. The molecule has 0 atom stereocenters. The summed E-state index contributed by atoms with van der Waals surface area (Å²) in [7, 11) is 0. The Labute approximate surface area is 106 Å². The van der Waals surface area contributed by atoms with Crippen LogP contribution in [0, 0.1) is 5.82 Å². The molecule has 4 heteroatoms. The second-order valence-electron chi connectivity index (χ2n) is 4.09. The Balaban J connectivity index is 2.16. The van der Waals surface area contributed by atoms with Gasteiger partial charge in [-0.1, -0.05) is 12.1 Å². The normalized spacial score (nSPS) is 10.6. The number of rotatable bonds is 6. The van der Waals surface area contributed by atoms with Gasteiger partial charge in [-0.2, -0.15) is 0 Å². The first-order valence-corrected chi connectivity index (χ1v) is 6.03. The van der Waals surface area contributed by atoms with Gasteiger partial charge < -0.3 is 15.1 Å². The maximum atomic E-state index is 13.8. The molecule has 1 aromatic heterocycles. The maximum absolute atomic E-state index is 13.8. The van der Waals surface area contributed by atoms with Crippen molar-refractivity contribution in [3.63, 3.8) is 0 Å². The van der Waals surface area contributed by atoms with E-state index in [1.165, 1.54) is 6.07 Å². The van der Waals surface area contributed by atoms with E-state index in [0.717, 1.165) is 12.2 Å². The summed E-state index contributed by atoms with van der Waals surface area (Å²) < 4.78 is 19.1. The molecule has 0 saturated heterocycles. The number of hydrogen-bond donors (Lipinski definition) is 1. The Hall–Kier alpha value is -1.81. The van der Waals surface area contributed by atoms with E-state index >= 15 is 0 Å².